The van der Waals surface area contributed by atoms with E-state index in [1.807, 2.05) is 32.3 Å². The summed E-state index contributed by atoms with van der Waals surface area (Å²) in [6.07, 6.45) is 2.67. The molecule has 5 heteroatoms. The van der Waals surface area contributed by atoms with Gasteiger partial charge in [0.15, 0.2) is 6.29 Å². The third kappa shape index (κ3) is 4.61. The Bertz CT molecular complexity index is 469. The molecule has 0 saturated heterocycles. The summed E-state index contributed by atoms with van der Waals surface area (Å²) in [5.74, 6) is -0.430. The van der Waals surface area contributed by atoms with E-state index in [2.05, 4.69) is 27.0 Å². The number of para-hydroxylation sites is 1. The van der Waals surface area contributed by atoms with Crippen LogP contribution in [0, 0.1) is 0 Å². The van der Waals surface area contributed by atoms with Crippen LogP contribution >= 0.6 is 0 Å². The summed E-state index contributed by atoms with van der Waals surface area (Å²) in [7, 11) is 4.07. The molecule has 2 rings (SSSR count). The Kier molecular flexibility index (Phi) is 5.31. The van der Waals surface area contributed by atoms with Crippen LogP contribution in [0.1, 0.15) is 10.5 Å². The maximum absolute atomic E-state index is 10.2. The summed E-state index contributed by atoms with van der Waals surface area (Å²) < 4.78 is 0. The lowest BCUT2D eigenvalue weighted by Crippen LogP contribution is -2.07. The second kappa shape index (κ2) is 7.01. The zero-order valence-electron chi connectivity index (χ0n) is 10.3. The second-order valence-electron chi connectivity index (χ2n) is 3.63. The first-order valence-corrected chi connectivity index (χ1v) is 5.30. The first-order chi connectivity index (χ1) is 8.63. The molecule has 0 amide bonds. The number of carbonyl (C=O) groups is 1. The van der Waals surface area contributed by atoms with Gasteiger partial charge in [0, 0.05) is 19.8 Å². The fourth-order valence-electron chi connectivity index (χ4n) is 1.11. The molecule has 0 unspecified atom stereocenters. The highest BCUT2D eigenvalue weighted by atomic mass is 16.3. The monoisotopic (exact) mass is 244 g/mol. The van der Waals surface area contributed by atoms with Crippen molar-refractivity contribution in [3.8, 4) is 5.88 Å². The van der Waals surface area contributed by atoms with Crippen molar-refractivity contribution in [2.75, 3.05) is 19.0 Å². The van der Waals surface area contributed by atoms with Crippen LogP contribution in [0.5, 0.6) is 5.88 Å². The molecule has 0 N–H and O–H groups in total. The van der Waals surface area contributed by atoms with Gasteiger partial charge in [-0.3, -0.25) is 9.90 Å². The van der Waals surface area contributed by atoms with E-state index in [1.165, 1.54) is 5.69 Å². The Morgan fingerprint density at radius 1 is 1.06 bits per heavy atom. The Hall–Kier alpha value is -2.43. The number of anilines is 1. The normalized spacial score (nSPS) is 9.00. The lowest BCUT2D eigenvalue weighted by atomic mass is 10.3. The average molecular weight is 244 g/mol. The minimum Gasteiger partial charge on any atom is -0.378 e. The van der Waals surface area contributed by atoms with Gasteiger partial charge in [-0.15, -0.1) is 0 Å². The Balaban J connectivity index is 0.000000180. The minimum atomic E-state index is -0.430. The quantitative estimate of drug-likeness (QED) is 0.759. The lowest BCUT2D eigenvalue weighted by molar-refractivity contribution is 0.111. The van der Waals surface area contributed by atoms with Gasteiger partial charge in [-0.05, 0) is 12.1 Å². The molecule has 1 heterocycles. The van der Waals surface area contributed by atoms with E-state index in [9.17, 15) is 9.90 Å². The molecule has 5 nitrogen and oxygen atoms in total. The molecule has 0 spiro atoms. The summed E-state index contributed by atoms with van der Waals surface area (Å²) in [5.41, 5.74) is 1.42. The highest BCUT2D eigenvalue weighted by molar-refractivity contribution is 5.70. The summed E-state index contributed by atoms with van der Waals surface area (Å²) in [6.45, 7) is 0. The van der Waals surface area contributed by atoms with Crippen LogP contribution in [-0.4, -0.2) is 30.3 Å². The van der Waals surface area contributed by atoms with Gasteiger partial charge >= 0.3 is 0 Å². The molecule has 0 atom stereocenters. The second-order valence-corrected chi connectivity index (χ2v) is 3.63. The SMILES string of the molecule is CN(C)c1ccccc1.[O]c1cnc(C=O)cn1. The fourth-order valence-corrected chi connectivity index (χ4v) is 1.11. The number of aromatic nitrogens is 2. The van der Waals surface area contributed by atoms with Gasteiger partial charge in [0.05, 0.1) is 12.4 Å². The van der Waals surface area contributed by atoms with Gasteiger partial charge < -0.3 is 4.90 Å². The molecule has 0 aliphatic rings. The number of benzene rings is 1. The van der Waals surface area contributed by atoms with Crippen molar-refractivity contribution in [3.05, 3.63) is 48.4 Å². The van der Waals surface area contributed by atoms with Gasteiger partial charge in [0.2, 0.25) is 0 Å². The molecule has 1 aromatic carbocycles. The predicted octanol–water partition coefficient (Wildman–Crippen LogP) is 2.19. The fraction of sp³-hybridized carbons (Fsp3) is 0.154. The Morgan fingerprint density at radius 3 is 2.11 bits per heavy atom. The number of aldehydes is 1. The summed E-state index contributed by atoms with van der Waals surface area (Å²) in [5, 5.41) is 10.2. The van der Waals surface area contributed by atoms with Crippen molar-refractivity contribution in [1.29, 1.82) is 0 Å². The van der Waals surface area contributed by atoms with Crippen molar-refractivity contribution in [2.45, 2.75) is 0 Å². The van der Waals surface area contributed by atoms with E-state index in [0.29, 0.717) is 6.29 Å². The van der Waals surface area contributed by atoms with Gasteiger partial charge in [-0.1, -0.05) is 18.2 Å². The molecule has 93 valence electrons. The average Bonchev–Trinajstić information content (AvgIpc) is 2.41. The largest absolute Gasteiger partial charge is 0.378 e. The number of rotatable bonds is 2. The smallest absolute Gasteiger partial charge is 0.288 e. The van der Waals surface area contributed by atoms with Crippen LogP contribution in [-0.2, 0) is 5.11 Å². The third-order valence-electron chi connectivity index (χ3n) is 2.04. The molecule has 0 aliphatic carbocycles. The van der Waals surface area contributed by atoms with Crippen LogP contribution < -0.4 is 4.90 Å². The molecular formula is C13H14N3O2. The van der Waals surface area contributed by atoms with Crippen LogP contribution in [0.15, 0.2) is 42.7 Å². The van der Waals surface area contributed by atoms with E-state index in [-0.39, 0.29) is 5.69 Å². The van der Waals surface area contributed by atoms with Gasteiger partial charge in [0.25, 0.3) is 5.88 Å². The molecule has 1 radical (unpaired) electrons. The molecule has 1 aromatic heterocycles. The van der Waals surface area contributed by atoms with Crippen LogP contribution in [0.2, 0.25) is 0 Å². The van der Waals surface area contributed by atoms with E-state index >= 15 is 0 Å². The molecule has 0 bridgehead atoms. The Labute approximate surface area is 106 Å². The summed E-state index contributed by atoms with van der Waals surface area (Å²) in [6, 6.07) is 10.3. The molecular weight excluding hydrogens is 230 g/mol. The third-order valence-corrected chi connectivity index (χ3v) is 2.04. The molecule has 18 heavy (non-hydrogen) atoms. The van der Waals surface area contributed by atoms with Crippen LogP contribution in [0.4, 0.5) is 5.69 Å². The maximum Gasteiger partial charge on any atom is 0.288 e. The number of nitrogens with zero attached hydrogens (tertiary/aromatic N) is 3. The van der Waals surface area contributed by atoms with Gasteiger partial charge in [-0.2, -0.15) is 0 Å². The molecule has 0 aliphatic heterocycles. The predicted molar refractivity (Wildman–Crippen MR) is 68.3 cm³/mol. The van der Waals surface area contributed by atoms with Crippen molar-refractivity contribution in [1.82, 2.24) is 9.97 Å². The highest BCUT2D eigenvalue weighted by Crippen LogP contribution is 2.07. The molecule has 2 aromatic rings. The minimum absolute atomic E-state index is 0.176. The van der Waals surface area contributed by atoms with E-state index in [1.54, 1.807) is 0 Å². The zero-order valence-corrected chi connectivity index (χ0v) is 10.3. The van der Waals surface area contributed by atoms with Gasteiger partial charge in [0.1, 0.15) is 5.69 Å². The van der Waals surface area contributed by atoms with E-state index in [0.717, 1.165) is 12.4 Å². The number of carbonyl (C=O) groups excluding carboxylic acids is 1. The molecule has 0 saturated carbocycles. The van der Waals surface area contributed by atoms with Crippen LogP contribution in [0.25, 0.3) is 0 Å². The summed E-state index contributed by atoms with van der Waals surface area (Å²) in [4.78, 5) is 18.8. The first-order valence-electron chi connectivity index (χ1n) is 5.30. The topological polar surface area (TPSA) is 66.0 Å². The first kappa shape index (κ1) is 13.6. The van der Waals surface area contributed by atoms with Crippen molar-refractivity contribution in [3.63, 3.8) is 0 Å². The lowest BCUT2D eigenvalue weighted by Gasteiger charge is -2.10. The highest BCUT2D eigenvalue weighted by Gasteiger charge is 1.92. The Morgan fingerprint density at radius 2 is 1.72 bits per heavy atom. The van der Waals surface area contributed by atoms with Crippen LogP contribution in [0.3, 0.4) is 0 Å². The number of hydrogen-bond donors (Lipinski definition) is 0. The van der Waals surface area contributed by atoms with E-state index < -0.39 is 5.88 Å². The van der Waals surface area contributed by atoms with Gasteiger partial charge in [-0.25, -0.2) is 9.97 Å². The maximum atomic E-state index is 10.2. The zero-order chi connectivity index (χ0) is 13.4. The number of hydrogen-bond acceptors (Lipinski definition) is 4. The van der Waals surface area contributed by atoms with Crippen molar-refractivity contribution < 1.29 is 9.90 Å². The summed E-state index contributed by atoms with van der Waals surface area (Å²) >= 11 is 0. The van der Waals surface area contributed by atoms with E-state index in [4.69, 9.17) is 0 Å². The molecule has 0 fully saturated rings. The standard InChI is InChI=1S/C8H11N.C5H3N2O2/c1-9(2)8-6-4-3-5-7-8;8-3-4-1-7-5(9)2-6-4/h3-7H,1-2H3;1-3H. The van der Waals surface area contributed by atoms with Crippen molar-refractivity contribution >= 4 is 12.0 Å². The van der Waals surface area contributed by atoms with Crippen molar-refractivity contribution in [2.24, 2.45) is 0 Å².